The molecule has 0 aliphatic heterocycles. The van der Waals surface area contributed by atoms with Gasteiger partial charge in [0.1, 0.15) is 11.5 Å². The van der Waals surface area contributed by atoms with Crippen molar-refractivity contribution in [1.82, 2.24) is 5.32 Å². The van der Waals surface area contributed by atoms with Gasteiger partial charge in [0.25, 0.3) is 5.91 Å². The molecule has 0 radical (unpaired) electrons. The lowest BCUT2D eigenvalue weighted by Gasteiger charge is -2.13. The summed E-state index contributed by atoms with van der Waals surface area (Å²) in [5, 5.41) is 2.99. The van der Waals surface area contributed by atoms with E-state index in [2.05, 4.69) is 21.2 Å². The van der Waals surface area contributed by atoms with E-state index in [9.17, 15) is 4.79 Å². The highest BCUT2D eigenvalue weighted by Gasteiger charge is 2.16. The molecule has 0 aliphatic rings. The van der Waals surface area contributed by atoms with E-state index in [1.807, 2.05) is 52.0 Å². The van der Waals surface area contributed by atoms with Crippen LogP contribution in [0.5, 0.6) is 0 Å². The molecule has 1 atom stereocenters. The van der Waals surface area contributed by atoms with Gasteiger partial charge in [0.05, 0.1) is 6.04 Å². The summed E-state index contributed by atoms with van der Waals surface area (Å²) < 4.78 is 6.44. The van der Waals surface area contributed by atoms with E-state index < -0.39 is 0 Å². The topological polar surface area (TPSA) is 42.2 Å². The highest BCUT2D eigenvalue weighted by molar-refractivity contribution is 9.10. The summed E-state index contributed by atoms with van der Waals surface area (Å²) in [5.74, 6) is 1.62. The average molecular weight is 336 g/mol. The van der Waals surface area contributed by atoms with Gasteiger partial charge in [-0.3, -0.25) is 4.79 Å². The molecule has 1 heterocycles. The Bertz CT molecular complexity index is 646. The van der Waals surface area contributed by atoms with Crippen molar-refractivity contribution in [1.29, 1.82) is 0 Å². The fourth-order valence-corrected chi connectivity index (χ4v) is 2.55. The zero-order valence-electron chi connectivity index (χ0n) is 12.1. The van der Waals surface area contributed by atoms with Crippen LogP contribution in [-0.4, -0.2) is 5.91 Å². The molecule has 1 unspecified atom stereocenters. The van der Waals surface area contributed by atoms with Crippen molar-refractivity contribution in [2.45, 2.75) is 33.7 Å². The molecule has 0 spiro atoms. The van der Waals surface area contributed by atoms with Crippen molar-refractivity contribution in [3.8, 4) is 0 Å². The molecule has 1 amide bonds. The number of benzene rings is 1. The molecule has 0 fully saturated rings. The number of hydrogen-bond acceptors (Lipinski definition) is 2. The Labute approximate surface area is 127 Å². The molecule has 0 aliphatic carbocycles. The maximum Gasteiger partial charge on any atom is 0.251 e. The second-order valence-electron chi connectivity index (χ2n) is 5.03. The lowest BCUT2D eigenvalue weighted by molar-refractivity contribution is 0.0939. The van der Waals surface area contributed by atoms with Crippen LogP contribution in [0.2, 0.25) is 0 Å². The lowest BCUT2D eigenvalue weighted by Crippen LogP contribution is -2.26. The molecule has 0 bridgehead atoms. The Kier molecular flexibility index (Phi) is 4.33. The lowest BCUT2D eigenvalue weighted by atomic mass is 10.1. The standard InChI is InChI=1S/C16H18BrNO2/c1-9-5-6-13(8-15(9)17)16(19)18-11(3)14-7-10(2)20-12(14)4/h5-8,11H,1-4H3,(H,18,19). The van der Waals surface area contributed by atoms with Crippen molar-refractivity contribution >= 4 is 21.8 Å². The van der Waals surface area contributed by atoms with E-state index in [1.165, 1.54) is 0 Å². The maximum atomic E-state index is 12.2. The number of hydrogen-bond donors (Lipinski definition) is 1. The van der Waals surface area contributed by atoms with Gasteiger partial charge in [0.2, 0.25) is 0 Å². The monoisotopic (exact) mass is 335 g/mol. The van der Waals surface area contributed by atoms with Crippen LogP contribution in [0.1, 0.15) is 46.0 Å². The average Bonchev–Trinajstić information content (AvgIpc) is 2.71. The first-order valence-electron chi connectivity index (χ1n) is 6.52. The third-order valence-electron chi connectivity index (χ3n) is 3.33. The zero-order chi connectivity index (χ0) is 14.9. The first kappa shape index (κ1) is 14.9. The Balaban J connectivity index is 2.15. The van der Waals surface area contributed by atoms with Crippen molar-refractivity contribution in [3.63, 3.8) is 0 Å². The van der Waals surface area contributed by atoms with Gasteiger partial charge in [-0.25, -0.2) is 0 Å². The third kappa shape index (κ3) is 3.12. The summed E-state index contributed by atoms with van der Waals surface area (Å²) in [5.41, 5.74) is 2.77. The number of carbonyl (C=O) groups excluding carboxylic acids is 1. The number of carbonyl (C=O) groups is 1. The van der Waals surface area contributed by atoms with Crippen LogP contribution >= 0.6 is 15.9 Å². The predicted molar refractivity (Wildman–Crippen MR) is 82.9 cm³/mol. The molecule has 0 saturated carbocycles. The number of halogens is 1. The van der Waals surface area contributed by atoms with Crippen molar-refractivity contribution in [2.75, 3.05) is 0 Å². The Morgan fingerprint density at radius 2 is 1.95 bits per heavy atom. The molecule has 0 saturated heterocycles. The molecule has 2 aromatic rings. The normalized spacial score (nSPS) is 12.2. The molecule has 2 rings (SSSR count). The second kappa shape index (κ2) is 5.83. The maximum absolute atomic E-state index is 12.2. The summed E-state index contributed by atoms with van der Waals surface area (Å²) in [4.78, 5) is 12.2. The summed E-state index contributed by atoms with van der Waals surface area (Å²) in [7, 11) is 0. The van der Waals surface area contributed by atoms with Crippen LogP contribution in [0.25, 0.3) is 0 Å². The van der Waals surface area contributed by atoms with E-state index in [0.717, 1.165) is 27.1 Å². The van der Waals surface area contributed by atoms with Crippen molar-refractivity contribution in [3.05, 3.63) is 56.9 Å². The van der Waals surface area contributed by atoms with Gasteiger partial charge in [0.15, 0.2) is 0 Å². The highest BCUT2D eigenvalue weighted by Crippen LogP contribution is 2.22. The highest BCUT2D eigenvalue weighted by atomic mass is 79.9. The molecular formula is C16H18BrNO2. The van der Waals surface area contributed by atoms with Gasteiger partial charge in [-0.05, 0) is 51.5 Å². The first-order valence-corrected chi connectivity index (χ1v) is 7.31. The molecule has 106 valence electrons. The zero-order valence-corrected chi connectivity index (χ0v) is 13.7. The van der Waals surface area contributed by atoms with Gasteiger partial charge >= 0.3 is 0 Å². The van der Waals surface area contributed by atoms with Crippen LogP contribution in [0.3, 0.4) is 0 Å². The van der Waals surface area contributed by atoms with Crippen LogP contribution in [-0.2, 0) is 0 Å². The molecular weight excluding hydrogens is 318 g/mol. The third-order valence-corrected chi connectivity index (χ3v) is 4.18. The minimum atomic E-state index is -0.0866. The smallest absolute Gasteiger partial charge is 0.251 e. The summed E-state index contributed by atoms with van der Waals surface area (Å²) in [6.45, 7) is 7.76. The predicted octanol–water partition coefficient (Wildman–Crippen LogP) is 4.46. The van der Waals surface area contributed by atoms with Crippen molar-refractivity contribution < 1.29 is 9.21 Å². The number of aryl methyl sites for hydroxylation is 3. The molecule has 1 N–H and O–H groups in total. The summed E-state index contributed by atoms with van der Waals surface area (Å²) in [6, 6.07) is 7.47. The van der Waals surface area contributed by atoms with Gasteiger partial charge < -0.3 is 9.73 Å². The minimum absolute atomic E-state index is 0.0833. The SMILES string of the molecule is Cc1cc(C(C)NC(=O)c2ccc(C)c(Br)c2)c(C)o1. The number of amides is 1. The Morgan fingerprint density at radius 3 is 2.50 bits per heavy atom. The molecule has 3 nitrogen and oxygen atoms in total. The second-order valence-corrected chi connectivity index (χ2v) is 5.88. The summed E-state index contributed by atoms with van der Waals surface area (Å²) in [6.07, 6.45) is 0. The Hall–Kier alpha value is -1.55. The van der Waals surface area contributed by atoms with Crippen LogP contribution in [0.15, 0.2) is 33.2 Å². The fourth-order valence-electron chi connectivity index (χ4n) is 2.17. The van der Waals surface area contributed by atoms with Gasteiger partial charge in [-0.15, -0.1) is 0 Å². The number of rotatable bonds is 3. The van der Waals surface area contributed by atoms with Gasteiger partial charge in [-0.2, -0.15) is 0 Å². The van der Waals surface area contributed by atoms with Gasteiger partial charge in [0, 0.05) is 15.6 Å². The summed E-state index contributed by atoms with van der Waals surface area (Å²) >= 11 is 3.45. The van der Waals surface area contributed by atoms with Gasteiger partial charge in [-0.1, -0.05) is 22.0 Å². The number of nitrogens with one attached hydrogen (secondary N) is 1. The van der Waals surface area contributed by atoms with Crippen LogP contribution < -0.4 is 5.32 Å². The van der Waals surface area contributed by atoms with E-state index in [0.29, 0.717) is 5.56 Å². The molecule has 4 heteroatoms. The van der Waals surface area contributed by atoms with Crippen LogP contribution in [0, 0.1) is 20.8 Å². The van der Waals surface area contributed by atoms with Crippen LogP contribution in [0.4, 0.5) is 0 Å². The van der Waals surface area contributed by atoms with E-state index in [-0.39, 0.29) is 11.9 Å². The molecule has 1 aromatic carbocycles. The minimum Gasteiger partial charge on any atom is -0.466 e. The van der Waals surface area contributed by atoms with E-state index >= 15 is 0 Å². The Morgan fingerprint density at radius 1 is 1.25 bits per heavy atom. The van der Waals surface area contributed by atoms with Crippen molar-refractivity contribution in [2.24, 2.45) is 0 Å². The molecule has 20 heavy (non-hydrogen) atoms. The fraction of sp³-hybridized carbons (Fsp3) is 0.312. The molecule has 1 aromatic heterocycles. The van der Waals surface area contributed by atoms with E-state index in [1.54, 1.807) is 0 Å². The first-order chi connectivity index (χ1) is 9.38. The quantitative estimate of drug-likeness (QED) is 0.899. The largest absolute Gasteiger partial charge is 0.466 e. The van der Waals surface area contributed by atoms with E-state index in [4.69, 9.17) is 4.42 Å². The number of furan rings is 1.